The summed E-state index contributed by atoms with van der Waals surface area (Å²) in [5.41, 5.74) is 2.23. The largest absolute Gasteiger partial charge is 0.411 e. The maximum atomic E-state index is 13.5. The molecule has 1 unspecified atom stereocenters. The number of hydrogen-bond acceptors (Lipinski definition) is 6. The summed E-state index contributed by atoms with van der Waals surface area (Å²) >= 11 is 0. The Morgan fingerprint density at radius 1 is 1.09 bits per heavy atom. The van der Waals surface area contributed by atoms with E-state index in [4.69, 9.17) is 0 Å². The fraction of sp³-hybridized carbons (Fsp3) is 0.480. The van der Waals surface area contributed by atoms with Gasteiger partial charge >= 0.3 is 0 Å². The van der Waals surface area contributed by atoms with E-state index in [1.165, 1.54) is 0 Å². The van der Waals surface area contributed by atoms with Crippen molar-refractivity contribution in [2.24, 2.45) is 5.16 Å². The average molecular weight is 495 g/mol. The lowest BCUT2D eigenvalue weighted by Gasteiger charge is -2.40. The molecule has 9 heteroatoms. The first-order valence-electron chi connectivity index (χ1n) is 11.3. The van der Waals surface area contributed by atoms with Crippen molar-refractivity contribution in [3.63, 3.8) is 0 Å². The normalized spacial score (nSPS) is 20.2. The summed E-state index contributed by atoms with van der Waals surface area (Å²) in [5, 5.41) is 26.5. The van der Waals surface area contributed by atoms with Gasteiger partial charge in [0.2, 0.25) is 0 Å². The molecule has 0 bridgehead atoms. The lowest BCUT2D eigenvalue weighted by molar-refractivity contribution is 0.163. The van der Waals surface area contributed by atoms with Gasteiger partial charge in [0.05, 0.1) is 22.5 Å². The zero-order valence-corrected chi connectivity index (χ0v) is 20.5. The third-order valence-electron chi connectivity index (χ3n) is 6.39. The van der Waals surface area contributed by atoms with E-state index in [0.29, 0.717) is 37.5 Å². The van der Waals surface area contributed by atoms with Crippen LogP contribution in [-0.2, 0) is 20.8 Å². The fourth-order valence-corrected chi connectivity index (χ4v) is 5.75. The number of benzene rings is 2. The highest BCUT2D eigenvalue weighted by Gasteiger charge is 2.37. The van der Waals surface area contributed by atoms with Crippen molar-refractivity contribution in [2.75, 3.05) is 12.3 Å². The van der Waals surface area contributed by atoms with E-state index < -0.39 is 43.8 Å². The average Bonchev–Trinajstić information content (AvgIpc) is 2.76. The van der Waals surface area contributed by atoms with E-state index in [9.17, 15) is 27.5 Å². The minimum atomic E-state index is -4.10. The second-order valence-corrected chi connectivity index (χ2v) is 12.0. The smallest absolute Gasteiger partial charge is 0.181 e. The minimum Gasteiger partial charge on any atom is -0.411 e. The molecular weight excluding hydrogens is 462 g/mol. The van der Waals surface area contributed by atoms with Gasteiger partial charge in [0.25, 0.3) is 0 Å². The van der Waals surface area contributed by atoms with Gasteiger partial charge in [0, 0.05) is 18.2 Å². The molecule has 0 heterocycles. The highest BCUT2D eigenvalue weighted by Crippen LogP contribution is 2.38. The molecule has 0 radical (unpaired) electrons. The molecule has 1 aliphatic carbocycles. The summed E-state index contributed by atoms with van der Waals surface area (Å²) in [6, 6.07) is 10.2. The molecule has 34 heavy (non-hydrogen) atoms. The number of rotatable bonds is 7. The van der Waals surface area contributed by atoms with Gasteiger partial charge in [-0.15, -0.1) is 0 Å². The van der Waals surface area contributed by atoms with Crippen molar-refractivity contribution in [1.82, 2.24) is 5.32 Å². The highest BCUT2D eigenvalue weighted by molar-refractivity contribution is 7.91. The van der Waals surface area contributed by atoms with Gasteiger partial charge in [-0.2, -0.15) is 0 Å². The number of hydrogen-bond donors (Lipinski definition) is 3. The quantitative estimate of drug-likeness (QED) is 0.394. The Kier molecular flexibility index (Phi) is 7.79. The van der Waals surface area contributed by atoms with Crippen LogP contribution in [0.3, 0.4) is 0 Å². The van der Waals surface area contributed by atoms with Crippen LogP contribution < -0.4 is 5.32 Å². The Morgan fingerprint density at radius 3 is 2.26 bits per heavy atom. The maximum Gasteiger partial charge on any atom is 0.181 e. The lowest BCUT2D eigenvalue weighted by atomic mass is 9.74. The molecule has 0 spiro atoms. The number of sulfone groups is 1. The van der Waals surface area contributed by atoms with Crippen LogP contribution in [0.2, 0.25) is 0 Å². The summed E-state index contributed by atoms with van der Waals surface area (Å²) in [6.07, 6.45) is 1.02. The molecule has 3 rings (SSSR count). The zero-order valence-electron chi connectivity index (χ0n) is 19.7. The van der Waals surface area contributed by atoms with Gasteiger partial charge in [-0.1, -0.05) is 50.2 Å². The van der Waals surface area contributed by atoms with Crippen LogP contribution in [0.4, 0.5) is 8.78 Å². The molecule has 1 aliphatic rings. The molecule has 1 fully saturated rings. The molecule has 2 aromatic rings. The van der Waals surface area contributed by atoms with Crippen molar-refractivity contribution >= 4 is 15.5 Å². The van der Waals surface area contributed by atoms with E-state index in [-0.39, 0.29) is 12.0 Å². The molecule has 0 aliphatic heterocycles. The van der Waals surface area contributed by atoms with E-state index in [0.717, 1.165) is 23.3 Å². The Hall–Kier alpha value is -2.36. The number of nitrogens with zero attached hydrogens (tertiary/aromatic N) is 1. The molecule has 0 saturated heterocycles. The Balaban J connectivity index is 1.81. The van der Waals surface area contributed by atoms with Crippen molar-refractivity contribution in [1.29, 1.82) is 0 Å². The van der Waals surface area contributed by atoms with Crippen LogP contribution in [-0.4, -0.2) is 42.8 Å². The van der Waals surface area contributed by atoms with Crippen LogP contribution >= 0.6 is 0 Å². The predicted octanol–water partition coefficient (Wildman–Crippen LogP) is 4.29. The summed E-state index contributed by atoms with van der Waals surface area (Å²) in [6.45, 7) is 6.32. The summed E-state index contributed by atoms with van der Waals surface area (Å²) in [4.78, 5) is -0.502. The van der Waals surface area contributed by atoms with Gasteiger partial charge in [-0.3, -0.25) is 0 Å². The Morgan fingerprint density at radius 2 is 1.71 bits per heavy atom. The summed E-state index contributed by atoms with van der Waals surface area (Å²) in [7, 11) is -4.10. The van der Waals surface area contributed by atoms with E-state index in [2.05, 4.69) is 43.4 Å². The van der Waals surface area contributed by atoms with E-state index in [1.54, 1.807) is 0 Å². The molecule has 0 aromatic heterocycles. The van der Waals surface area contributed by atoms with E-state index in [1.807, 2.05) is 12.1 Å². The van der Waals surface area contributed by atoms with Crippen LogP contribution in [0.25, 0.3) is 0 Å². The van der Waals surface area contributed by atoms with Crippen LogP contribution in [0, 0.1) is 11.6 Å². The van der Waals surface area contributed by atoms with Crippen molar-refractivity contribution in [3.8, 4) is 0 Å². The van der Waals surface area contributed by atoms with Gasteiger partial charge in [-0.25, -0.2) is 17.2 Å². The standard InChI is InChI=1S/C25H32F2N2O4S/c1-24(2,3)17-5-4-6-18(11-17)25(9-7-21(29-31)8-10-25)28-15-22(30)16-34(32,33)23-13-19(26)12-20(27)14-23/h4-6,11-14,22,28,30-31H,7-10,15-16H2,1-3H3. The van der Waals surface area contributed by atoms with Gasteiger partial charge in [0.15, 0.2) is 9.84 Å². The third kappa shape index (κ3) is 6.20. The summed E-state index contributed by atoms with van der Waals surface area (Å²) < 4.78 is 52.2. The monoisotopic (exact) mass is 494 g/mol. The predicted molar refractivity (Wildman–Crippen MR) is 127 cm³/mol. The van der Waals surface area contributed by atoms with Crippen molar-refractivity contribution in [2.45, 2.75) is 68.4 Å². The van der Waals surface area contributed by atoms with Crippen molar-refractivity contribution in [3.05, 3.63) is 65.2 Å². The second kappa shape index (κ2) is 10.1. The number of nitrogens with one attached hydrogen (secondary N) is 1. The van der Waals surface area contributed by atoms with E-state index >= 15 is 0 Å². The molecule has 1 saturated carbocycles. The van der Waals surface area contributed by atoms with Crippen LogP contribution in [0.1, 0.15) is 57.6 Å². The fourth-order valence-electron chi connectivity index (χ4n) is 4.35. The van der Waals surface area contributed by atoms with Gasteiger partial charge in [0.1, 0.15) is 11.6 Å². The zero-order chi connectivity index (χ0) is 25.1. The van der Waals surface area contributed by atoms with Crippen molar-refractivity contribution < 1.29 is 27.5 Å². The first-order valence-corrected chi connectivity index (χ1v) is 12.9. The SMILES string of the molecule is CC(C)(C)c1cccc(C2(NCC(O)CS(=O)(=O)c3cc(F)cc(F)c3)CCC(=NO)CC2)c1. The number of halogens is 2. The third-order valence-corrected chi connectivity index (χ3v) is 8.16. The first-order chi connectivity index (χ1) is 15.8. The Bertz CT molecular complexity index is 1130. The molecule has 6 nitrogen and oxygen atoms in total. The first kappa shape index (κ1) is 26.2. The lowest BCUT2D eigenvalue weighted by Crippen LogP contribution is -2.49. The van der Waals surface area contributed by atoms with Crippen LogP contribution in [0.15, 0.2) is 52.5 Å². The number of aliphatic hydroxyl groups excluding tert-OH is 1. The highest BCUT2D eigenvalue weighted by atomic mass is 32.2. The minimum absolute atomic E-state index is 0.0393. The topological polar surface area (TPSA) is 99.0 Å². The second-order valence-electron chi connectivity index (χ2n) is 10.0. The van der Waals surface area contributed by atoms with Crippen LogP contribution in [0.5, 0.6) is 0 Å². The number of aliphatic hydroxyl groups is 1. The molecule has 0 amide bonds. The van der Waals surface area contributed by atoms with Gasteiger partial charge < -0.3 is 15.6 Å². The van der Waals surface area contributed by atoms with Gasteiger partial charge in [-0.05, 0) is 54.4 Å². The molecule has 1 atom stereocenters. The number of oxime groups is 1. The summed E-state index contributed by atoms with van der Waals surface area (Å²) in [5.74, 6) is -2.66. The molecule has 186 valence electrons. The molecular formula is C25H32F2N2O4S. The maximum absolute atomic E-state index is 13.5. The molecule has 2 aromatic carbocycles. The Labute approximate surface area is 199 Å². The molecule has 3 N–H and O–H groups in total.